The van der Waals surface area contributed by atoms with E-state index in [4.69, 9.17) is 18.9 Å². The van der Waals surface area contributed by atoms with E-state index in [1.165, 1.54) is 6.08 Å². The Morgan fingerprint density at radius 2 is 1.63 bits per heavy atom. The maximum atomic E-state index is 12.2. The van der Waals surface area contributed by atoms with E-state index in [-0.39, 0.29) is 12.0 Å². The number of hydrogen-bond acceptors (Lipinski definition) is 5. The van der Waals surface area contributed by atoms with Gasteiger partial charge in [0.1, 0.15) is 0 Å². The highest BCUT2D eigenvalue weighted by molar-refractivity contribution is 9.10. The van der Waals surface area contributed by atoms with E-state index < -0.39 is 0 Å². The summed E-state index contributed by atoms with van der Waals surface area (Å²) in [4.78, 5) is 12.2. The number of carbonyl (C=O) groups is 1. The van der Waals surface area contributed by atoms with Crippen LogP contribution in [0.1, 0.15) is 25.0 Å². The predicted molar refractivity (Wildman–Crippen MR) is 122 cm³/mol. The van der Waals surface area contributed by atoms with Crippen molar-refractivity contribution in [3.8, 4) is 23.0 Å². The smallest absolute Gasteiger partial charge is 0.244 e. The van der Waals surface area contributed by atoms with Crippen molar-refractivity contribution in [3.63, 3.8) is 0 Å². The Labute approximate surface area is 186 Å². The molecule has 6 nitrogen and oxygen atoms in total. The van der Waals surface area contributed by atoms with Crippen molar-refractivity contribution in [2.45, 2.75) is 26.4 Å². The number of amides is 1. The van der Waals surface area contributed by atoms with Gasteiger partial charge in [0.15, 0.2) is 23.0 Å². The highest BCUT2D eigenvalue weighted by atomic mass is 79.9. The molecule has 0 spiro atoms. The van der Waals surface area contributed by atoms with Gasteiger partial charge >= 0.3 is 0 Å². The lowest BCUT2D eigenvalue weighted by Crippen LogP contribution is -2.23. The fourth-order valence-corrected chi connectivity index (χ4v) is 3.30. The van der Waals surface area contributed by atoms with E-state index in [2.05, 4.69) is 21.2 Å². The molecule has 0 unspecified atom stereocenters. The molecular weight excluding hydrogens is 450 g/mol. The van der Waals surface area contributed by atoms with Gasteiger partial charge in [0.05, 0.1) is 27.4 Å². The van der Waals surface area contributed by atoms with Gasteiger partial charge in [0.25, 0.3) is 0 Å². The molecular formula is C23H28BrNO5. The van der Waals surface area contributed by atoms with Crippen molar-refractivity contribution < 1.29 is 23.7 Å². The second kappa shape index (κ2) is 11.5. The van der Waals surface area contributed by atoms with Gasteiger partial charge in [-0.05, 0) is 61.7 Å². The van der Waals surface area contributed by atoms with Crippen LogP contribution < -0.4 is 24.3 Å². The Morgan fingerprint density at radius 3 is 2.27 bits per heavy atom. The molecule has 162 valence electrons. The molecule has 2 aromatic carbocycles. The van der Waals surface area contributed by atoms with E-state index in [1.54, 1.807) is 27.4 Å². The van der Waals surface area contributed by atoms with Crippen LogP contribution in [0.25, 0.3) is 6.08 Å². The Hall–Kier alpha value is -2.67. The minimum atomic E-state index is -0.173. The number of benzene rings is 2. The Morgan fingerprint density at radius 1 is 1.00 bits per heavy atom. The molecule has 2 aromatic rings. The van der Waals surface area contributed by atoms with E-state index in [0.717, 1.165) is 15.6 Å². The summed E-state index contributed by atoms with van der Waals surface area (Å²) in [5, 5.41) is 2.89. The average Bonchev–Trinajstić information content (AvgIpc) is 2.73. The summed E-state index contributed by atoms with van der Waals surface area (Å²) in [6.07, 6.45) is 3.94. The van der Waals surface area contributed by atoms with Crippen LogP contribution in [0.15, 0.2) is 40.9 Å². The molecule has 1 amide bonds. The van der Waals surface area contributed by atoms with Crippen molar-refractivity contribution in [1.82, 2.24) is 5.32 Å². The molecule has 0 aromatic heterocycles. The van der Waals surface area contributed by atoms with Gasteiger partial charge in [-0.25, -0.2) is 0 Å². The lowest BCUT2D eigenvalue weighted by Gasteiger charge is -2.13. The van der Waals surface area contributed by atoms with Crippen LogP contribution in [0.4, 0.5) is 0 Å². The minimum absolute atomic E-state index is 0.0526. The molecule has 0 aliphatic carbocycles. The summed E-state index contributed by atoms with van der Waals surface area (Å²) < 4.78 is 22.6. The number of ether oxygens (including phenoxy) is 4. The van der Waals surface area contributed by atoms with Crippen LogP contribution in [0.3, 0.4) is 0 Å². The van der Waals surface area contributed by atoms with Crippen LogP contribution >= 0.6 is 15.9 Å². The van der Waals surface area contributed by atoms with Crippen molar-refractivity contribution in [3.05, 3.63) is 52.0 Å². The van der Waals surface area contributed by atoms with Crippen LogP contribution in [-0.4, -0.2) is 39.9 Å². The third kappa shape index (κ3) is 6.69. The molecule has 7 heteroatoms. The molecule has 0 fully saturated rings. The van der Waals surface area contributed by atoms with Crippen molar-refractivity contribution in [1.29, 1.82) is 0 Å². The molecule has 0 saturated carbocycles. The first-order valence-electron chi connectivity index (χ1n) is 9.59. The zero-order chi connectivity index (χ0) is 22.1. The maximum absolute atomic E-state index is 12.2. The fraction of sp³-hybridized carbons (Fsp3) is 0.348. The second-order valence-electron chi connectivity index (χ2n) is 6.75. The molecule has 0 saturated heterocycles. The largest absolute Gasteiger partial charge is 0.493 e. The Bertz CT molecular complexity index is 895. The fourth-order valence-electron chi connectivity index (χ4n) is 2.78. The Balaban J connectivity index is 1.94. The summed E-state index contributed by atoms with van der Waals surface area (Å²) >= 11 is 3.53. The van der Waals surface area contributed by atoms with E-state index in [1.807, 2.05) is 44.2 Å². The molecule has 0 heterocycles. The van der Waals surface area contributed by atoms with E-state index in [9.17, 15) is 4.79 Å². The van der Waals surface area contributed by atoms with Crippen molar-refractivity contribution in [2.75, 3.05) is 27.9 Å². The lowest BCUT2D eigenvalue weighted by molar-refractivity contribution is -0.116. The average molecular weight is 478 g/mol. The maximum Gasteiger partial charge on any atom is 0.244 e. The van der Waals surface area contributed by atoms with Crippen LogP contribution in [-0.2, 0) is 11.2 Å². The topological polar surface area (TPSA) is 66.0 Å². The normalized spacial score (nSPS) is 10.9. The quantitative estimate of drug-likeness (QED) is 0.505. The third-order valence-electron chi connectivity index (χ3n) is 4.22. The summed E-state index contributed by atoms with van der Waals surface area (Å²) in [6, 6.07) is 9.31. The van der Waals surface area contributed by atoms with Gasteiger partial charge in [0.2, 0.25) is 5.91 Å². The lowest BCUT2D eigenvalue weighted by atomic mass is 10.1. The zero-order valence-electron chi connectivity index (χ0n) is 18.0. The highest BCUT2D eigenvalue weighted by Crippen LogP contribution is 2.33. The van der Waals surface area contributed by atoms with E-state index in [0.29, 0.717) is 36.0 Å². The van der Waals surface area contributed by atoms with E-state index >= 15 is 0 Å². The zero-order valence-corrected chi connectivity index (χ0v) is 19.5. The summed E-state index contributed by atoms with van der Waals surface area (Å²) in [5.41, 5.74) is 1.86. The number of rotatable bonds is 10. The van der Waals surface area contributed by atoms with Crippen molar-refractivity contribution >= 4 is 27.9 Å². The number of hydrogen-bond donors (Lipinski definition) is 1. The van der Waals surface area contributed by atoms with Crippen LogP contribution in [0.2, 0.25) is 0 Å². The van der Waals surface area contributed by atoms with Crippen molar-refractivity contribution in [2.24, 2.45) is 0 Å². The summed E-state index contributed by atoms with van der Waals surface area (Å²) in [7, 11) is 4.78. The molecule has 0 radical (unpaired) electrons. The SMILES string of the molecule is COc1cc(Br)c(CCNC(=O)/C=C/c2ccc(OC(C)C)c(OC)c2)cc1OC. The van der Waals surface area contributed by atoms with Crippen LogP contribution in [0.5, 0.6) is 23.0 Å². The third-order valence-corrected chi connectivity index (χ3v) is 4.96. The van der Waals surface area contributed by atoms with Gasteiger partial charge < -0.3 is 24.3 Å². The predicted octanol–water partition coefficient (Wildman–Crippen LogP) is 4.63. The second-order valence-corrected chi connectivity index (χ2v) is 7.60. The molecule has 30 heavy (non-hydrogen) atoms. The molecule has 1 N–H and O–H groups in total. The standard InChI is InChI=1S/C23H28BrNO5/c1-15(2)30-19-8-6-16(12-20(19)27-3)7-9-23(26)25-11-10-17-13-21(28-4)22(29-5)14-18(17)24/h6-9,12-15H,10-11H2,1-5H3,(H,25,26)/b9-7+. The van der Waals surface area contributed by atoms with Gasteiger partial charge in [-0.3, -0.25) is 4.79 Å². The van der Waals surface area contributed by atoms with Crippen LogP contribution in [0, 0.1) is 0 Å². The highest BCUT2D eigenvalue weighted by Gasteiger charge is 2.10. The molecule has 0 bridgehead atoms. The number of halogens is 1. The molecule has 0 aliphatic rings. The molecule has 0 aliphatic heterocycles. The van der Waals surface area contributed by atoms with Gasteiger partial charge in [-0.2, -0.15) is 0 Å². The molecule has 0 atom stereocenters. The van der Waals surface area contributed by atoms with Gasteiger partial charge in [-0.15, -0.1) is 0 Å². The number of carbonyl (C=O) groups excluding carboxylic acids is 1. The number of methoxy groups -OCH3 is 3. The summed E-state index contributed by atoms with van der Waals surface area (Å²) in [5.74, 6) is 2.44. The Kier molecular flexibility index (Phi) is 9.05. The van der Waals surface area contributed by atoms with Gasteiger partial charge in [0, 0.05) is 17.1 Å². The van der Waals surface area contributed by atoms with Gasteiger partial charge in [-0.1, -0.05) is 22.0 Å². The first-order chi connectivity index (χ1) is 14.4. The number of nitrogens with one attached hydrogen (secondary N) is 1. The summed E-state index contributed by atoms with van der Waals surface area (Å²) in [6.45, 7) is 4.40. The first-order valence-corrected chi connectivity index (χ1v) is 10.4. The molecule has 2 rings (SSSR count). The minimum Gasteiger partial charge on any atom is -0.493 e. The first kappa shape index (κ1) is 23.6. The monoisotopic (exact) mass is 477 g/mol.